The van der Waals surface area contributed by atoms with Crippen molar-refractivity contribution in [2.75, 3.05) is 12.3 Å². The number of hydrogen-bond donors (Lipinski definition) is 2. The SMILES string of the molecule is Cl.NCCSc1cn[nH]n1. The molecular weight excluding hydrogens is 172 g/mol. The second-order valence-corrected chi connectivity index (χ2v) is 2.56. The zero-order chi connectivity index (χ0) is 6.53. The van der Waals surface area contributed by atoms with Gasteiger partial charge in [-0.2, -0.15) is 10.3 Å². The van der Waals surface area contributed by atoms with Crippen molar-refractivity contribution in [3.63, 3.8) is 0 Å². The second-order valence-electron chi connectivity index (χ2n) is 1.45. The minimum absolute atomic E-state index is 0. The van der Waals surface area contributed by atoms with Crippen molar-refractivity contribution in [2.45, 2.75) is 5.03 Å². The van der Waals surface area contributed by atoms with Crippen LogP contribution in [0.25, 0.3) is 0 Å². The van der Waals surface area contributed by atoms with Crippen LogP contribution in [0.5, 0.6) is 0 Å². The van der Waals surface area contributed by atoms with Crippen LogP contribution in [-0.2, 0) is 0 Å². The summed E-state index contributed by atoms with van der Waals surface area (Å²) in [4.78, 5) is 0. The standard InChI is InChI=1S/C4H8N4S.ClH/c5-1-2-9-4-3-6-8-7-4;/h3H,1-2,5H2,(H,6,7,8);1H. The van der Waals surface area contributed by atoms with Crippen LogP contribution in [0.3, 0.4) is 0 Å². The van der Waals surface area contributed by atoms with E-state index in [9.17, 15) is 0 Å². The molecule has 0 bridgehead atoms. The quantitative estimate of drug-likeness (QED) is 0.656. The summed E-state index contributed by atoms with van der Waals surface area (Å²) in [6.45, 7) is 0.678. The first-order valence-corrected chi connectivity index (χ1v) is 3.60. The van der Waals surface area contributed by atoms with Gasteiger partial charge in [0.25, 0.3) is 0 Å². The molecule has 1 heterocycles. The average molecular weight is 181 g/mol. The van der Waals surface area contributed by atoms with Gasteiger partial charge in [-0.15, -0.1) is 29.3 Å². The molecule has 4 nitrogen and oxygen atoms in total. The van der Waals surface area contributed by atoms with Crippen LogP contribution < -0.4 is 5.73 Å². The first-order valence-electron chi connectivity index (χ1n) is 2.62. The predicted octanol–water partition coefficient (Wildman–Crippen LogP) is 0.277. The molecule has 0 aliphatic rings. The number of aromatic nitrogens is 3. The lowest BCUT2D eigenvalue weighted by Gasteiger charge is -1.88. The third-order valence-corrected chi connectivity index (χ3v) is 1.69. The van der Waals surface area contributed by atoms with Gasteiger partial charge >= 0.3 is 0 Å². The van der Waals surface area contributed by atoms with Gasteiger partial charge in [0.2, 0.25) is 0 Å². The summed E-state index contributed by atoms with van der Waals surface area (Å²) in [5, 5.41) is 10.9. The molecule has 0 amide bonds. The van der Waals surface area contributed by atoms with Crippen molar-refractivity contribution >= 4 is 24.2 Å². The van der Waals surface area contributed by atoms with Gasteiger partial charge in [-0.1, -0.05) is 0 Å². The molecule has 0 aliphatic carbocycles. The van der Waals surface area contributed by atoms with Crippen LogP contribution in [0.1, 0.15) is 0 Å². The van der Waals surface area contributed by atoms with Crippen LogP contribution in [0.15, 0.2) is 11.2 Å². The molecule has 0 saturated heterocycles. The van der Waals surface area contributed by atoms with Gasteiger partial charge in [-0.05, 0) is 0 Å². The number of halogens is 1. The van der Waals surface area contributed by atoms with E-state index in [1.807, 2.05) is 0 Å². The van der Waals surface area contributed by atoms with Gasteiger partial charge in [-0.25, -0.2) is 0 Å². The summed E-state index contributed by atoms with van der Waals surface area (Å²) in [6.07, 6.45) is 1.68. The number of aromatic amines is 1. The lowest BCUT2D eigenvalue weighted by molar-refractivity contribution is 0.910. The summed E-state index contributed by atoms with van der Waals surface area (Å²) in [5.74, 6) is 0.895. The maximum Gasteiger partial charge on any atom is 0.138 e. The Kier molecular flexibility index (Phi) is 5.38. The molecule has 0 aliphatic heterocycles. The van der Waals surface area contributed by atoms with Gasteiger partial charge < -0.3 is 5.73 Å². The van der Waals surface area contributed by atoms with Gasteiger partial charge in [-0.3, -0.25) is 0 Å². The lowest BCUT2D eigenvalue weighted by atomic mass is 10.8. The van der Waals surface area contributed by atoms with E-state index in [4.69, 9.17) is 5.73 Å². The van der Waals surface area contributed by atoms with E-state index >= 15 is 0 Å². The van der Waals surface area contributed by atoms with Crippen molar-refractivity contribution in [3.05, 3.63) is 6.20 Å². The third-order valence-electron chi connectivity index (χ3n) is 0.761. The van der Waals surface area contributed by atoms with E-state index in [0.29, 0.717) is 6.54 Å². The fourth-order valence-corrected chi connectivity index (χ4v) is 0.984. The van der Waals surface area contributed by atoms with E-state index in [2.05, 4.69) is 15.4 Å². The Bertz CT molecular complexity index is 154. The highest BCUT2D eigenvalue weighted by atomic mass is 35.5. The van der Waals surface area contributed by atoms with Crippen LogP contribution in [0, 0.1) is 0 Å². The maximum absolute atomic E-state index is 5.27. The van der Waals surface area contributed by atoms with Crippen molar-refractivity contribution in [1.29, 1.82) is 0 Å². The first-order chi connectivity index (χ1) is 4.43. The molecule has 1 rings (SSSR count). The average Bonchev–Trinajstić information content (AvgIpc) is 2.34. The zero-order valence-electron chi connectivity index (χ0n) is 5.28. The Balaban J connectivity index is 0.000000810. The van der Waals surface area contributed by atoms with E-state index < -0.39 is 0 Å². The molecule has 1 aromatic heterocycles. The third kappa shape index (κ3) is 3.05. The molecule has 1 aromatic rings. The van der Waals surface area contributed by atoms with Crippen LogP contribution in [0.4, 0.5) is 0 Å². The number of nitrogens with one attached hydrogen (secondary N) is 1. The molecule has 58 valence electrons. The number of nitrogens with two attached hydrogens (primary N) is 1. The van der Waals surface area contributed by atoms with Crippen molar-refractivity contribution < 1.29 is 0 Å². The Morgan fingerprint density at radius 3 is 3.00 bits per heavy atom. The van der Waals surface area contributed by atoms with Crippen molar-refractivity contribution in [2.24, 2.45) is 5.73 Å². The molecule has 0 atom stereocenters. The van der Waals surface area contributed by atoms with Gasteiger partial charge in [0, 0.05) is 12.3 Å². The smallest absolute Gasteiger partial charge is 0.138 e. The van der Waals surface area contributed by atoms with Crippen LogP contribution in [0.2, 0.25) is 0 Å². The molecular formula is C4H9ClN4S. The molecule has 0 spiro atoms. The van der Waals surface area contributed by atoms with Crippen LogP contribution >= 0.6 is 24.2 Å². The topological polar surface area (TPSA) is 67.6 Å². The molecule has 3 N–H and O–H groups in total. The molecule has 10 heavy (non-hydrogen) atoms. The number of hydrogen-bond acceptors (Lipinski definition) is 4. The molecule has 0 saturated carbocycles. The molecule has 6 heteroatoms. The van der Waals surface area contributed by atoms with E-state index in [-0.39, 0.29) is 12.4 Å². The monoisotopic (exact) mass is 180 g/mol. The van der Waals surface area contributed by atoms with E-state index in [1.54, 1.807) is 18.0 Å². The van der Waals surface area contributed by atoms with Gasteiger partial charge in [0.15, 0.2) is 0 Å². The van der Waals surface area contributed by atoms with Gasteiger partial charge in [0.1, 0.15) is 5.03 Å². The Hall–Kier alpha value is -0.260. The van der Waals surface area contributed by atoms with Gasteiger partial charge in [0.05, 0.1) is 6.20 Å². The molecule has 0 fully saturated rings. The largest absolute Gasteiger partial charge is 0.330 e. The molecule has 0 radical (unpaired) electrons. The van der Waals surface area contributed by atoms with Crippen molar-refractivity contribution in [3.8, 4) is 0 Å². The van der Waals surface area contributed by atoms with E-state index in [0.717, 1.165) is 10.8 Å². The highest BCUT2D eigenvalue weighted by Gasteiger charge is 1.92. The normalized spacial score (nSPS) is 8.90. The Morgan fingerprint density at radius 1 is 1.70 bits per heavy atom. The zero-order valence-corrected chi connectivity index (χ0v) is 6.91. The van der Waals surface area contributed by atoms with Crippen LogP contribution in [-0.4, -0.2) is 27.7 Å². The first kappa shape index (κ1) is 9.74. The Labute approximate surface area is 69.4 Å². The highest BCUT2D eigenvalue weighted by molar-refractivity contribution is 7.99. The fraction of sp³-hybridized carbons (Fsp3) is 0.500. The predicted molar refractivity (Wildman–Crippen MR) is 43.4 cm³/mol. The number of nitrogens with zero attached hydrogens (tertiary/aromatic N) is 2. The molecule has 0 unspecified atom stereocenters. The molecule has 0 aromatic carbocycles. The summed E-state index contributed by atoms with van der Waals surface area (Å²) < 4.78 is 0. The number of H-pyrrole nitrogens is 1. The Morgan fingerprint density at radius 2 is 2.50 bits per heavy atom. The number of thioether (sulfide) groups is 1. The second kappa shape index (κ2) is 5.52. The minimum atomic E-state index is 0. The summed E-state index contributed by atoms with van der Waals surface area (Å²) in [7, 11) is 0. The fourth-order valence-electron chi connectivity index (χ4n) is 0.424. The maximum atomic E-state index is 5.27. The minimum Gasteiger partial charge on any atom is -0.330 e. The summed E-state index contributed by atoms with van der Waals surface area (Å²) in [6, 6.07) is 0. The van der Waals surface area contributed by atoms with Crippen molar-refractivity contribution in [1.82, 2.24) is 15.4 Å². The summed E-state index contributed by atoms with van der Waals surface area (Å²) >= 11 is 1.60. The number of rotatable bonds is 3. The highest BCUT2D eigenvalue weighted by Crippen LogP contribution is 2.10. The lowest BCUT2D eigenvalue weighted by Crippen LogP contribution is -2.00. The van der Waals surface area contributed by atoms with E-state index in [1.165, 1.54) is 0 Å². The summed E-state index contributed by atoms with van der Waals surface area (Å²) in [5.41, 5.74) is 5.27.